The summed E-state index contributed by atoms with van der Waals surface area (Å²) in [5, 5.41) is 38.2. The van der Waals surface area contributed by atoms with Crippen molar-refractivity contribution < 1.29 is 34.3 Å². The van der Waals surface area contributed by atoms with Crippen molar-refractivity contribution in [2.75, 3.05) is 44.3 Å². The lowest BCUT2D eigenvalue weighted by Crippen LogP contribution is -2.54. The number of aliphatic hydroxyl groups is 3. The first-order chi connectivity index (χ1) is 22.5. The Bertz CT molecular complexity index is 1530. The lowest BCUT2D eigenvalue weighted by Gasteiger charge is -2.36. The number of nitrogens with one attached hydrogen (secondary N) is 2. The quantitative estimate of drug-likeness (QED) is 0.0630. The zero-order valence-electron chi connectivity index (χ0n) is 26.1. The molecule has 1 aromatic heterocycles. The minimum atomic E-state index is -1.24. The van der Waals surface area contributed by atoms with Crippen molar-refractivity contribution in [2.24, 2.45) is 10.7 Å². The third-order valence-corrected chi connectivity index (χ3v) is 7.75. The molecular formula is C31H43ClN8O7. The van der Waals surface area contributed by atoms with Crippen molar-refractivity contribution in [1.82, 2.24) is 20.6 Å². The molecular weight excluding hydrogens is 632 g/mol. The Labute approximate surface area is 277 Å². The molecule has 3 aromatic rings. The van der Waals surface area contributed by atoms with Gasteiger partial charge in [0.1, 0.15) is 24.1 Å². The van der Waals surface area contributed by atoms with Crippen LogP contribution in [0.2, 0.25) is 5.15 Å². The summed E-state index contributed by atoms with van der Waals surface area (Å²) in [5.74, 6) is -0.207. The van der Waals surface area contributed by atoms with E-state index in [0.717, 1.165) is 35.8 Å². The molecule has 1 saturated heterocycles. The van der Waals surface area contributed by atoms with Gasteiger partial charge < -0.3 is 52.0 Å². The summed E-state index contributed by atoms with van der Waals surface area (Å²) in [5.41, 5.74) is 18.1. The monoisotopic (exact) mass is 674 g/mol. The van der Waals surface area contributed by atoms with Crippen LogP contribution in [0.25, 0.3) is 10.8 Å². The van der Waals surface area contributed by atoms with E-state index in [0.29, 0.717) is 26.1 Å². The second-order valence-electron chi connectivity index (χ2n) is 11.2. The standard InChI is InChI=1S/C31H43ClN8O7/c1-17-46-16-23(42)26(47-17)25(43)22(41)15-36-10-4-12-45-21-9-8-19-13-18(6-7-20(19)14-21)5-2-3-11-37-31(35)40-30(44)24-28(33)39-29(34)27(32)38-24/h6-9,13-14,17,22-23,25-26,36,41-43H,2-5,10-12,15-16H2,1H3,(H4,33,34,39)(H3,35,37,40,44)/t17?,22-,23-,25+,26+/m0/s1. The van der Waals surface area contributed by atoms with Crippen LogP contribution in [0, 0.1) is 0 Å². The van der Waals surface area contributed by atoms with E-state index < -0.39 is 36.6 Å². The molecule has 0 aliphatic carbocycles. The third-order valence-electron chi connectivity index (χ3n) is 7.47. The average Bonchev–Trinajstić information content (AvgIpc) is 3.04. The number of rotatable bonds is 15. The summed E-state index contributed by atoms with van der Waals surface area (Å²) in [7, 11) is 0. The van der Waals surface area contributed by atoms with Crippen LogP contribution in [0.5, 0.6) is 5.75 Å². The van der Waals surface area contributed by atoms with Gasteiger partial charge in [-0.2, -0.15) is 0 Å². The van der Waals surface area contributed by atoms with Crippen molar-refractivity contribution >= 4 is 45.9 Å². The van der Waals surface area contributed by atoms with Gasteiger partial charge in [-0.3, -0.25) is 15.1 Å². The van der Waals surface area contributed by atoms with Crippen molar-refractivity contribution in [3.05, 3.63) is 52.8 Å². The minimum absolute atomic E-state index is 0.0479. The van der Waals surface area contributed by atoms with Gasteiger partial charge in [-0.05, 0) is 67.6 Å². The highest BCUT2D eigenvalue weighted by molar-refractivity contribution is 6.31. The van der Waals surface area contributed by atoms with Crippen molar-refractivity contribution in [3.8, 4) is 5.75 Å². The van der Waals surface area contributed by atoms with Gasteiger partial charge in [0, 0.05) is 13.1 Å². The summed E-state index contributed by atoms with van der Waals surface area (Å²) in [6.45, 7) is 3.34. The Hall–Kier alpha value is -3.83. The number of amides is 1. The maximum Gasteiger partial charge on any atom is 0.280 e. The maximum absolute atomic E-state index is 12.3. The van der Waals surface area contributed by atoms with Crippen LogP contribution in [0.1, 0.15) is 42.2 Å². The number of aromatic nitrogens is 2. The summed E-state index contributed by atoms with van der Waals surface area (Å²) >= 11 is 5.82. The number of unbranched alkanes of at least 4 members (excludes halogenated alkanes) is 1. The van der Waals surface area contributed by atoms with Crippen molar-refractivity contribution in [3.63, 3.8) is 0 Å². The fraction of sp³-hybridized carbons (Fsp3) is 0.484. The Balaban J connectivity index is 1.12. The molecule has 4 rings (SSSR count). The van der Waals surface area contributed by atoms with E-state index in [9.17, 15) is 20.1 Å². The number of carbonyl (C=O) groups is 1. The molecule has 11 N–H and O–H groups in total. The number of fused-ring (bicyclic) bond motifs is 1. The first-order valence-corrected chi connectivity index (χ1v) is 15.8. The first-order valence-electron chi connectivity index (χ1n) is 15.4. The molecule has 47 heavy (non-hydrogen) atoms. The number of aryl methyl sites for hydroxylation is 1. The van der Waals surface area contributed by atoms with Crippen molar-refractivity contribution in [2.45, 2.75) is 63.3 Å². The zero-order valence-corrected chi connectivity index (χ0v) is 26.9. The second kappa shape index (κ2) is 17.4. The van der Waals surface area contributed by atoms with Crippen LogP contribution in [0.4, 0.5) is 11.6 Å². The van der Waals surface area contributed by atoms with E-state index in [2.05, 4.69) is 43.8 Å². The number of hydrogen-bond donors (Lipinski definition) is 8. The lowest BCUT2D eigenvalue weighted by atomic mass is 10.0. The second-order valence-corrected chi connectivity index (χ2v) is 11.5. The Morgan fingerprint density at radius 1 is 1.13 bits per heavy atom. The van der Waals surface area contributed by atoms with E-state index in [-0.39, 0.29) is 41.6 Å². The number of nitrogen functional groups attached to an aromatic ring is 2. The van der Waals surface area contributed by atoms with Gasteiger partial charge in [0.05, 0.1) is 19.3 Å². The Kier molecular flexibility index (Phi) is 13.3. The molecule has 1 fully saturated rings. The van der Waals surface area contributed by atoms with Gasteiger partial charge in [-0.25, -0.2) is 9.97 Å². The van der Waals surface area contributed by atoms with Gasteiger partial charge in [0.15, 0.2) is 34.7 Å². The molecule has 2 heterocycles. The minimum Gasteiger partial charge on any atom is -0.494 e. The zero-order chi connectivity index (χ0) is 33.9. The number of benzene rings is 2. The molecule has 256 valence electrons. The summed E-state index contributed by atoms with van der Waals surface area (Å²) in [6, 6.07) is 12.3. The number of carbonyl (C=O) groups excluding carboxylic acids is 1. The predicted octanol–water partition coefficient (Wildman–Crippen LogP) is 0.718. The van der Waals surface area contributed by atoms with Gasteiger partial charge >= 0.3 is 0 Å². The molecule has 1 aliphatic heterocycles. The number of guanidine groups is 1. The van der Waals surface area contributed by atoms with E-state index in [1.54, 1.807) is 6.92 Å². The predicted molar refractivity (Wildman–Crippen MR) is 178 cm³/mol. The number of ether oxygens (including phenoxy) is 3. The molecule has 5 atom stereocenters. The number of nitrogens with two attached hydrogens (primary N) is 3. The number of anilines is 2. The molecule has 0 spiro atoms. The van der Waals surface area contributed by atoms with Crippen LogP contribution in [-0.2, 0) is 15.9 Å². The highest BCUT2D eigenvalue weighted by Crippen LogP contribution is 2.23. The molecule has 1 aliphatic rings. The smallest absolute Gasteiger partial charge is 0.280 e. The Morgan fingerprint density at radius 2 is 1.89 bits per heavy atom. The van der Waals surface area contributed by atoms with E-state index in [1.165, 1.54) is 5.56 Å². The maximum atomic E-state index is 12.3. The third kappa shape index (κ3) is 10.6. The summed E-state index contributed by atoms with van der Waals surface area (Å²) < 4.78 is 16.5. The van der Waals surface area contributed by atoms with Crippen LogP contribution in [0.3, 0.4) is 0 Å². The first kappa shape index (κ1) is 36.0. The number of halogens is 1. The molecule has 15 nitrogen and oxygen atoms in total. The van der Waals surface area contributed by atoms with E-state index >= 15 is 0 Å². The Morgan fingerprint density at radius 3 is 2.70 bits per heavy atom. The topological polar surface area (TPSA) is 246 Å². The molecule has 2 aromatic carbocycles. The summed E-state index contributed by atoms with van der Waals surface area (Å²) in [6.07, 6.45) is -1.62. The molecule has 0 saturated carbocycles. The number of hydrogen-bond acceptors (Lipinski definition) is 13. The molecule has 1 unspecified atom stereocenters. The highest BCUT2D eigenvalue weighted by atomic mass is 35.5. The molecule has 16 heteroatoms. The normalized spacial score (nSPS) is 19.8. The number of nitrogens with zero attached hydrogens (tertiary/aromatic N) is 3. The van der Waals surface area contributed by atoms with E-state index in [1.807, 2.05) is 18.2 Å². The number of aliphatic hydroxyl groups excluding tert-OH is 3. The molecule has 1 amide bonds. The largest absolute Gasteiger partial charge is 0.494 e. The average molecular weight is 675 g/mol. The van der Waals surface area contributed by atoms with Gasteiger partial charge in [-0.1, -0.05) is 35.9 Å². The number of aliphatic imine (C=N–C) groups is 1. The highest BCUT2D eigenvalue weighted by Gasteiger charge is 2.37. The van der Waals surface area contributed by atoms with Gasteiger partial charge in [0.25, 0.3) is 5.91 Å². The van der Waals surface area contributed by atoms with Crippen LogP contribution < -0.4 is 32.6 Å². The fourth-order valence-corrected chi connectivity index (χ4v) is 5.07. The van der Waals surface area contributed by atoms with Crippen LogP contribution in [-0.4, -0.2) is 101 Å². The van der Waals surface area contributed by atoms with Crippen LogP contribution >= 0.6 is 11.6 Å². The lowest BCUT2D eigenvalue weighted by molar-refractivity contribution is -0.271. The van der Waals surface area contributed by atoms with E-state index in [4.69, 9.17) is 43.0 Å². The fourth-order valence-electron chi connectivity index (χ4n) is 4.95. The van der Waals surface area contributed by atoms with Crippen molar-refractivity contribution in [1.29, 1.82) is 0 Å². The van der Waals surface area contributed by atoms with Crippen LogP contribution in [0.15, 0.2) is 41.4 Å². The summed E-state index contributed by atoms with van der Waals surface area (Å²) in [4.78, 5) is 24.1. The van der Waals surface area contributed by atoms with Gasteiger partial charge in [0.2, 0.25) is 0 Å². The SMILES string of the molecule is CC1OC[C@H](O)[C@H]([C@H](O)[C@@H](O)CNCCCOc2ccc3cc(CCCCN=C(N)NC(=O)c4nc(Cl)c(N)nc4N)ccc3c2)O1. The van der Waals surface area contributed by atoms with Gasteiger partial charge in [-0.15, -0.1) is 0 Å². The molecule has 0 bridgehead atoms. The molecule has 0 radical (unpaired) electrons.